The van der Waals surface area contributed by atoms with Crippen molar-refractivity contribution in [1.29, 1.82) is 0 Å². The van der Waals surface area contributed by atoms with Gasteiger partial charge in [0.05, 0.1) is 18.6 Å². The van der Waals surface area contributed by atoms with E-state index in [2.05, 4.69) is 6.92 Å². The Hall–Kier alpha value is -3.32. The second-order valence-electron chi connectivity index (χ2n) is 10.0. The van der Waals surface area contributed by atoms with Gasteiger partial charge in [-0.2, -0.15) is 0 Å². The van der Waals surface area contributed by atoms with E-state index >= 15 is 0 Å². The summed E-state index contributed by atoms with van der Waals surface area (Å²) < 4.78 is 16.9. The normalized spacial score (nSPS) is 17.4. The van der Waals surface area contributed by atoms with Crippen molar-refractivity contribution in [3.63, 3.8) is 0 Å². The van der Waals surface area contributed by atoms with E-state index in [0.29, 0.717) is 23.5 Å². The van der Waals surface area contributed by atoms with E-state index in [0.717, 1.165) is 49.8 Å². The van der Waals surface area contributed by atoms with Gasteiger partial charge in [-0.1, -0.05) is 44.7 Å². The van der Waals surface area contributed by atoms with Crippen molar-refractivity contribution in [2.75, 3.05) is 24.7 Å². The lowest BCUT2D eigenvalue weighted by Gasteiger charge is -2.27. The highest BCUT2D eigenvalue weighted by Crippen LogP contribution is 2.28. The summed E-state index contributed by atoms with van der Waals surface area (Å²) in [5.74, 6) is -0.204. The topological polar surface area (TPSA) is 114 Å². The zero-order chi connectivity index (χ0) is 27.2. The number of esters is 2. The van der Waals surface area contributed by atoms with Crippen LogP contribution in [0.2, 0.25) is 0 Å². The molecule has 0 atom stereocenters. The van der Waals surface area contributed by atoms with Crippen LogP contribution in [0.3, 0.4) is 0 Å². The molecule has 4 N–H and O–H groups in total. The Bertz CT molecular complexity index is 1020. The van der Waals surface area contributed by atoms with Gasteiger partial charge in [-0.25, -0.2) is 4.79 Å². The van der Waals surface area contributed by atoms with E-state index in [9.17, 15) is 9.59 Å². The number of nitrogen functional groups attached to an aromatic ring is 2. The van der Waals surface area contributed by atoms with Crippen LogP contribution in [0.25, 0.3) is 6.08 Å². The Balaban J connectivity index is 1.33. The summed E-state index contributed by atoms with van der Waals surface area (Å²) in [6, 6.07) is 12.4. The third-order valence-electron chi connectivity index (χ3n) is 6.79. The molecule has 0 spiro atoms. The standard InChI is InChI=1S/C31H42N2O5/c1-2-3-4-5-6-18-36-28-14-10-25(11-15-28)31(35)38-29-12-7-23(8-13-29)9-16-30(34)37-19-17-24-20-26(32)22-27(33)21-24/h7-9,12-13,16,20-22,25,28H,2-6,10-11,14-15,17-19,32-33H2,1H3/b16-9+. The Kier molecular flexibility index (Phi) is 12.2. The van der Waals surface area contributed by atoms with E-state index in [1.54, 1.807) is 36.4 Å². The molecule has 38 heavy (non-hydrogen) atoms. The fourth-order valence-electron chi connectivity index (χ4n) is 4.64. The summed E-state index contributed by atoms with van der Waals surface area (Å²) in [7, 11) is 0. The summed E-state index contributed by atoms with van der Waals surface area (Å²) in [6.07, 6.45) is 13.4. The molecule has 0 heterocycles. The van der Waals surface area contributed by atoms with Crippen LogP contribution in [0.5, 0.6) is 5.75 Å². The highest BCUT2D eigenvalue weighted by atomic mass is 16.5. The zero-order valence-electron chi connectivity index (χ0n) is 22.5. The van der Waals surface area contributed by atoms with Crippen molar-refractivity contribution >= 4 is 29.4 Å². The number of carbonyl (C=O) groups excluding carboxylic acids is 2. The molecule has 1 saturated carbocycles. The van der Waals surface area contributed by atoms with E-state index in [1.807, 2.05) is 12.1 Å². The number of hydrogen-bond donors (Lipinski definition) is 2. The van der Waals surface area contributed by atoms with Gasteiger partial charge in [-0.05, 0) is 79.6 Å². The molecule has 1 aliphatic rings. The fraction of sp³-hybridized carbons (Fsp3) is 0.484. The maximum Gasteiger partial charge on any atom is 0.330 e. The Morgan fingerprint density at radius 3 is 2.26 bits per heavy atom. The molecule has 2 aromatic rings. The molecule has 0 radical (unpaired) electrons. The van der Waals surface area contributed by atoms with E-state index in [1.165, 1.54) is 31.8 Å². The van der Waals surface area contributed by atoms with Crippen LogP contribution >= 0.6 is 0 Å². The number of ether oxygens (including phenoxy) is 3. The molecule has 1 aliphatic carbocycles. The number of rotatable bonds is 14. The summed E-state index contributed by atoms with van der Waals surface area (Å²) in [4.78, 5) is 24.6. The number of nitrogens with two attached hydrogens (primary N) is 2. The Morgan fingerprint density at radius 2 is 1.58 bits per heavy atom. The number of carbonyl (C=O) groups is 2. The van der Waals surface area contributed by atoms with Gasteiger partial charge in [0.25, 0.3) is 0 Å². The zero-order valence-corrected chi connectivity index (χ0v) is 22.5. The lowest BCUT2D eigenvalue weighted by molar-refractivity contribution is -0.141. The highest BCUT2D eigenvalue weighted by molar-refractivity contribution is 5.87. The first-order chi connectivity index (χ1) is 18.4. The number of unbranched alkanes of at least 4 members (excludes halogenated alkanes) is 4. The van der Waals surface area contributed by atoms with E-state index < -0.39 is 5.97 Å². The molecule has 7 nitrogen and oxygen atoms in total. The third kappa shape index (κ3) is 10.6. The van der Waals surface area contributed by atoms with Crippen molar-refractivity contribution in [1.82, 2.24) is 0 Å². The Morgan fingerprint density at radius 1 is 0.895 bits per heavy atom. The van der Waals surface area contributed by atoms with Crippen molar-refractivity contribution in [3.8, 4) is 5.75 Å². The monoisotopic (exact) mass is 522 g/mol. The lowest BCUT2D eigenvalue weighted by atomic mass is 9.87. The molecular formula is C31H42N2O5. The molecular weight excluding hydrogens is 480 g/mol. The van der Waals surface area contributed by atoms with Crippen LogP contribution in [0.1, 0.15) is 75.8 Å². The molecule has 1 fully saturated rings. The fourth-order valence-corrected chi connectivity index (χ4v) is 4.64. The van der Waals surface area contributed by atoms with Gasteiger partial charge in [0.1, 0.15) is 5.75 Å². The van der Waals surface area contributed by atoms with Crippen LogP contribution in [-0.2, 0) is 25.5 Å². The molecule has 0 bridgehead atoms. The van der Waals surface area contributed by atoms with E-state index in [4.69, 9.17) is 25.7 Å². The van der Waals surface area contributed by atoms with Crippen LogP contribution in [-0.4, -0.2) is 31.3 Å². The minimum absolute atomic E-state index is 0.0856. The molecule has 3 rings (SSSR count). The SMILES string of the molecule is CCCCCCCOC1CCC(C(=O)Oc2ccc(/C=C/C(=O)OCCc3cc(N)cc(N)c3)cc2)CC1. The van der Waals surface area contributed by atoms with Crippen molar-refractivity contribution in [3.05, 3.63) is 59.7 Å². The van der Waals surface area contributed by atoms with Crippen molar-refractivity contribution < 1.29 is 23.8 Å². The molecule has 0 aromatic heterocycles. The molecule has 206 valence electrons. The molecule has 7 heteroatoms. The van der Waals surface area contributed by atoms with Gasteiger partial charge in [0, 0.05) is 30.5 Å². The van der Waals surface area contributed by atoms with Crippen molar-refractivity contribution in [2.24, 2.45) is 5.92 Å². The molecule has 0 aliphatic heterocycles. The number of benzene rings is 2. The minimum Gasteiger partial charge on any atom is -0.462 e. The Labute approximate surface area is 226 Å². The summed E-state index contributed by atoms with van der Waals surface area (Å²) in [5, 5.41) is 0. The summed E-state index contributed by atoms with van der Waals surface area (Å²) >= 11 is 0. The summed E-state index contributed by atoms with van der Waals surface area (Å²) in [6.45, 7) is 3.27. The molecule has 0 saturated heterocycles. The van der Waals surface area contributed by atoms with Gasteiger partial charge >= 0.3 is 11.9 Å². The van der Waals surface area contributed by atoms with Crippen LogP contribution in [0, 0.1) is 5.92 Å². The average Bonchev–Trinajstić information content (AvgIpc) is 2.90. The smallest absolute Gasteiger partial charge is 0.330 e. The maximum absolute atomic E-state index is 12.6. The first-order valence-corrected chi connectivity index (χ1v) is 13.9. The average molecular weight is 523 g/mol. The maximum atomic E-state index is 12.6. The molecule has 0 unspecified atom stereocenters. The minimum atomic E-state index is -0.437. The predicted molar refractivity (Wildman–Crippen MR) is 151 cm³/mol. The highest BCUT2D eigenvalue weighted by Gasteiger charge is 2.28. The predicted octanol–water partition coefficient (Wildman–Crippen LogP) is 6.10. The van der Waals surface area contributed by atoms with Gasteiger partial charge < -0.3 is 25.7 Å². The van der Waals surface area contributed by atoms with Gasteiger partial charge in [0.15, 0.2) is 0 Å². The van der Waals surface area contributed by atoms with Crippen LogP contribution in [0.15, 0.2) is 48.5 Å². The van der Waals surface area contributed by atoms with Crippen LogP contribution < -0.4 is 16.2 Å². The van der Waals surface area contributed by atoms with Crippen molar-refractivity contribution in [2.45, 2.75) is 77.2 Å². The first kappa shape index (κ1) is 29.2. The van der Waals surface area contributed by atoms with Gasteiger partial charge in [-0.15, -0.1) is 0 Å². The third-order valence-corrected chi connectivity index (χ3v) is 6.79. The number of hydrogen-bond acceptors (Lipinski definition) is 7. The molecule has 2 aromatic carbocycles. The van der Waals surface area contributed by atoms with Crippen LogP contribution in [0.4, 0.5) is 11.4 Å². The number of anilines is 2. The lowest BCUT2D eigenvalue weighted by Crippen LogP contribution is -2.29. The molecule has 0 amide bonds. The summed E-state index contributed by atoms with van der Waals surface area (Å²) in [5.41, 5.74) is 14.4. The van der Waals surface area contributed by atoms with E-state index in [-0.39, 0.29) is 24.6 Å². The first-order valence-electron chi connectivity index (χ1n) is 13.9. The van der Waals surface area contributed by atoms with Gasteiger partial charge in [0.2, 0.25) is 0 Å². The second-order valence-corrected chi connectivity index (χ2v) is 10.0. The largest absolute Gasteiger partial charge is 0.462 e. The second kappa shape index (κ2) is 15.8. The van der Waals surface area contributed by atoms with Gasteiger partial charge in [-0.3, -0.25) is 4.79 Å². The quantitative estimate of drug-likeness (QED) is 0.101.